The van der Waals surface area contributed by atoms with Gasteiger partial charge in [-0.3, -0.25) is 9.59 Å². The van der Waals surface area contributed by atoms with Gasteiger partial charge in [-0.05, 0) is 33.4 Å². The van der Waals surface area contributed by atoms with Crippen molar-refractivity contribution in [3.8, 4) is 11.1 Å². The molecular formula is C27H24N2O4. The molecular weight excluding hydrogens is 416 g/mol. The van der Waals surface area contributed by atoms with Crippen LogP contribution in [0.25, 0.3) is 11.1 Å². The Morgan fingerprint density at radius 2 is 1.55 bits per heavy atom. The van der Waals surface area contributed by atoms with E-state index in [4.69, 9.17) is 4.74 Å². The van der Waals surface area contributed by atoms with Gasteiger partial charge in [0, 0.05) is 18.9 Å². The Labute approximate surface area is 192 Å². The van der Waals surface area contributed by atoms with Crippen molar-refractivity contribution < 1.29 is 19.1 Å². The topological polar surface area (TPSA) is 75.7 Å². The van der Waals surface area contributed by atoms with Crippen LogP contribution in [0.4, 0.5) is 4.79 Å². The number of Topliss-reactive ketones (excluding diaryl/α,β-unsaturated/α-hetero) is 1. The quantitative estimate of drug-likeness (QED) is 0.569. The zero-order chi connectivity index (χ0) is 22.8. The number of carbonyl (C=O) groups excluding carboxylic acids is 3. The van der Waals surface area contributed by atoms with Crippen LogP contribution in [0.2, 0.25) is 0 Å². The SMILES string of the molecule is O=CN1CC(=O)C1Cc1ccc(CNC(=O)OCC2c3ccccc3-c3ccccc32)cc1. The zero-order valence-corrected chi connectivity index (χ0v) is 18.1. The molecule has 1 unspecified atom stereocenters. The Bertz CT molecular complexity index is 1160. The molecule has 3 aromatic rings. The summed E-state index contributed by atoms with van der Waals surface area (Å²) in [5, 5.41) is 2.81. The van der Waals surface area contributed by atoms with E-state index in [1.54, 1.807) is 0 Å². The summed E-state index contributed by atoms with van der Waals surface area (Å²) in [5.74, 6) is 0.116. The van der Waals surface area contributed by atoms with Crippen LogP contribution in [0, 0.1) is 0 Å². The maximum atomic E-state index is 12.4. The lowest BCUT2D eigenvalue weighted by molar-refractivity contribution is -0.144. The van der Waals surface area contributed by atoms with E-state index < -0.39 is 6.09 Å². The fourth-order valence-electron chi connectivity index (χ4n) is 4.65. The van der Waals surface area contributed by atoms with E-state index in [0.717, 1.165) is 17.5 Å². The molecule has 1 heterocycles. The lowest BCUT2D eigenvalue weighted by Gasteiger charge is -2.36. The molecule has 0 saturated carbocycles. The molecule has 0 aromatic heterocycles. The standard InChI is InChI=1S/C27H24N2O4/c30-17-29-15-26(31)25(29)13-18-9-11-19(12-10-18)14-28-27(32)33-16-24-22-7-3-1-5-20(22)21-6-2-4-8-23(21)24/h1-12,17,24-25H,13-16H2,(H,28,32). The molecule has 33 heavy (non-hydrogen) atoms. The number of nitrogens with one attached hydrogen (secondary N) is 1. The first-order valence-corrected chi connectivity index (χ1v) is 11.0. The number of hydrogen-bond acceptors (Lipinski definition) is 4. The average Bonchev–Trinajstić information content (AvgIpc) is 3.17. The number of ketones is 1. The van der Waals surface area contributed by atoms with Crippen molar-refractivity contribution in [3.05, 3.63) is 95.1 Å². The molecule has 6 heteroatoms. The van der Waals surface area contributed by atoms with Gasteiger partial charge in [-0.25, -0.2) is 4.79 Å². The minimum absolute atomic E-state index is 0.0302. The van der Waals surface area contributed by atoms with Crippen molar-refractivity contribution in [2.24, 2.45) is 0 Å². The van der Waals surface area contributed by atoms with Crippen LogP contribution >= 0.6 is 0 Å². The Morgan fingerprint density at radius 3 is 2.15 bits per heavy atom. The van der Waals surface area contributed by atoms with E-state index in [2.05, 4.69) is 29.6 Å². The maximum absolute atomic E-state index is 12.4. The number of amides is 2. The van der Waals surface area contributed by atoms with Gasteiger partial charge in [0.05, 0.1) is 12.6 Å². The number of nitrogens with zero attached hydrogens (tertiary/aromatic N) is 1. The first kappa shape index (κ1) is 20.9. The van der Waals surface area contributed by atoms with Crippen LogP contribution in [0.1, 0.15) is 28.2 Å². The van der Waals surface area contributed by atoms with Crippen molar-refractivity contribution in [2.75, 3.05) is 13.2 Å². The summed E-state index contributed by atoms with van der Waals surface area (Å²) >= 11 is 0. The summed E-state index contributed by atoms with van der Waals surface area (Å²) < 4.78 is 5.57. The molecule has 3 aromatic carbocycles. The van der Waals surface area contributed by atoms with E-state index in [1.807, 2.05) is 48.5 Å². The first-order chi connectivity index (χ1) is 16.1. The highest BCUT2D eigenvalue weighted by Gasteiger charge is 2.35. The molecule has 1 aliphatic carbocycles. The van der Waals surface area contributed by atoms with Crippen molar-refractivity contribution >= 4 is 18.3 Å². The number of rotatable bonds is 7. The van der Waals surface area contributed by atoms with Crippen molar-refractivity contribution in [1.29, 1.82) is 0 Å². The second-order valence-electron chi connectivity index (χ2n) is 8.46. The fourth-order valence-corrected chi connectivity index (χ4v) is 4.65. The highest BCUT2D eigenvalue weighted by molar-refractivity contribution is 5.95. The van der Waals surface area contributed by atoms with Gasteiger partial charge < -0.3 is 15.0 Å². The van der Waals surface area contributed by atoms with E-state index in [-0.39, 0.29) is 30.9 Å². The summed E-state index contributed by atoms with van der Waals surface area (Å²) in [7, 11) is 0. The van der Waals surface area contributed by atoms with Gasteiger partial charge >= 0.3 is 6.09 Å². The van der Waals surface area contributed by atoms with Crippen LogP contribution in [-0.2, 0) is 27.3 Å². The number of ether oxygens (including phenoxy) is 1. The van der Waals surface area contributed by atoms with Crippen LogP contribution in [0.3, 0.4) is 0 Å². The molecule has 0 radical (unpaired) electrons. The van der Waals surface area contributed by atoms with E-state index in [9.17, 15) is 14.4 Å². The summed E-state index contributed by atoms with van der Waals surface area (Å²) in [6.07, 6.45) is 0.777. The molecule has 6 nitrogen and oxygen atoms in total. The van der Waals surface area contributed by atoms with Gasteiger partial charge in [0.2, 0.25) is 6.41 Å². The zero-order valence-electron chi connectivity index (χ0n) is 18.1. The molecule has 1 N–H and O–H groups in total. The summed E-state index contributed by atoms with van der Waals surface area (Å²) in [6.45, 7) is 0.831. The lowest BCUT2D eigenvalue weighted by Crippen LogP contribution is -2.57. The van der Waals surface area contributed by atoms with Gasteiger partial charge in [0.15, 0.2) is 5.78 Å². The van der Waals surface area contributed by atoms with Gasteiger partial charge in [-0.1, -0.05) is 72.8 Å². The van der Waals surface area contributed by atoms with E-state index in [0.29, 0.717) is 13.0 Å². The molecule has 1 aliphatic heterocycles. The second-order valence-corrected chi connectivity index (χ2v) is 8.46. The third kappa shape index (κ3) is 4.12. The van der Waals surface area contributed by atoms with Crippen LogP contribution in [0.5, 0.6) is 0 Å². The second kappa shape index (κ2) is 8.90. The molecule has 0 spiro atoms. The molecule has 0 bridgehead atoms. The monoisotopic (exact) mass is 440 g/mol. The lowest BCUT2D eigenvalue weighted by atomic mass is 9.94. The minimum atomic E-state index is -0.456. The Kier molecular flexibility index (Phi) is 5.65. The van der Waals surface area contributed by atoms with Gasteiger partial charge in [-0.2, -0.15) is 0 Å². The minimum Gasteiger partial charge on any atom is -0.449 e. The third-order valence-corrected chi connectivity index (χ3v) is 6.48. The summed E-state index contributed by atoms with van der Waals surface area (Å²) in [6, 6.07) is 23.8. The molecule has 166 valence electrons. The van der Waals surface area contributed by atoms with Crippen LogP contribution in [-0.4, -0.2) is 42.4 Å². The number of fused-ring (bicyclic) bond motifs is 3. The number of hydrogen-bond donors (Lipinski definition) is 1. The van der Waals surface area contributed by atoms with E-state index >= 15 is 0 Å². The Balaban J connectivity index is 1.14. The Hall–Kier alpha value is -3.93. The number of carbonyl (C=O) groups is 3. The smallest absolute Gasteiger partial charge is 0.407 e. The highest BCUT2D eigenvalue weighted by Crippen LogP contribution is 2.44. The highest BCUT2D eigenvalue weighted by atomic mass is 16.5. The first-order valence-electron chi connectivity index (χ1n) is 11.0. The van der Waals surface area contributed by atoms with E-state index in [1.165, 1.54) is 27.2 Å². The largest absolute Gasteiger partial charge is 0.449 e. The van der Waals surface area contributed by atoms with Crippen molar-refractivity contribution in [2.45, 2.75) is 24.9 Å². The number of likely N-dealkylation sites (tertiary alicyclic amines) is 1. The average molecular weight is 440 g/mol. The van der Waals surface area contributed by atoms with Crippen molar-refractivity contribution in [3.63, 3.8) is 0 Å². The van der Waals surface area contributed by atoms with Gasteiger partial charge in [0.1, 0.15) is 6.61 Å². The third-order valence-electron chi connectivity index (χ3n) is 6.48. The maximum Gasteiger partial charge on any atom is 0.407 e. The van der Waals surface area contributed by atoms with Crippen LogP contribution < -0.4 is 5.32 Å². The molecule has 5 rings (SSSR count). The number of alkyl carbamates (subject to hydrolysis) is 1. The van der Waals surface area contributed by atoms with Gasteiger partial charge in [0.25, 0.3) is 0 Å². The van der Waals surface area contributed by atoms with Crippen molar-refractivity contribution in [1.82, 2.24) is 10.2 Å². The molecule has 2 aliphatic rings. The molecule has 1 atom stereocenters. The predicted molar refractivity (Wildman–Crippen MR) is 124 cm³/mol. The van der Waals surface area contributed by atoms with Crippen LogP contribution in [0.15, 0.2) is 72.8 Å². The summed E-state index contributed by atoms with van der Waals surface area (Å²) in [5.41, 5.74) is 6.66. The molecule has 1 saturated heterocycles. The Morgan fingerprint density at radius 1 is 0.939 bits per heavy atom. The van der Waals surface area contributed by atoms with Gasteiger partial charge in [-0.15, -0.1) is 0 Å². The number of benzene rings is 3. The normalized spacial score (nSPS) is 16.5. The molecule has 1 fully saturated rings. The fraction of sp³-hybridized carbons (Fsp3) is 0.222. The molecule has 2 amide bonds. The predicted octanol–water partition coefficient (Wildman–Crippen LogP) is 3.68. The summed E-state index contributed by atoms with van der Waals surface area (Å²) in [4.78, 5) is 36.5.